The first-order valence-electron chi connectivity index (χ1n) is 3.90. The lowest BCUT2D eigenvalue weighted by Crippen LogP contribution is -2.00. The predicted octanol–water partition coefficient (Wildman–Crippen LogP) is 2.54. The smallest absolute Gasteiger partial charge is 0.0575 e. The standard InChI is InChI=1S/C11H8/c1-3-7-11-8-4-2-6-10(11)9(11)5-1/h1-8H. The molecule has 0 aromatic heterocycles. The van der Waals surface area contributed by atoms with Gasteiger partial charge in [-0.05, 0) is 11.1 Å². The Balaban J connectivity index is 2.21. The molecule has 0 unspecified atom stereocenters. The predicted molar refractivity (Wildman–Crippen MR) is 46.0 cm³/mol. The van der Waals surface area contributed by atoms with Crippen molar-refractivity contribution in [3.8, 4) is 0 Å². The van der Waals surface area contributed by atoms with E-state index >= 15 is 0 Å². The SMILES string of the molecule is C1=CC2=C3C=CC=CC23C=C1. The molecule has 3 aliphatic rings. The van der Waals surface area contributed by atoms with E-state index in [9.17, 15) is 0 Å². The average molecular weight is 140 g/mol. The summed E-state index contributed by atoms with van der Waals surface area (Å²) in [5.41, 5.74) is 3.19. The van der Waals surface area contributed by atoms with Crippen molar-refractivity contribution in [1.29, 1.82) is 0 Å². The van der Waals surface area contributed by atoms with Gasteiger partial charge in [0.2, 0.25) is 0 Å². The lowest BCUT2D eigenvalue weighted by atomic mass is 9.91. The van der Waals surface area contributed by atoms with Crippen LogP contribution in [0.2, 0.25) is 0 Å². The summed E-state index contributed by atoms with van der Waals surface area (Å²) in [5, 5.41) is 0. The zero-order chi connectivity index (χ0) is 7.31. The first kappa shape index (κ1) is 5.36. The molecule has 0 saturated carbocycles. The van der Waals surface area contributed by atoms with Gasteiger partial charge in [0.25, 0.3) is 0 Å². The van der Waals surface area contributed by atoms with Crippen molar-refractivity contribution in [2.24, 2.45) is 5.41 Å². The summed E-state index contributed by atoms with van der Waals surface area (Å²) in [7, 11) is 0. The van der Waals surface area contributed by atoms with Crippen LogP contribution in [0.1, 0.15) is 0 Å². The van der Waals surface area contributed by atoms with E-state index in [0.717, 1.165) is 0 Å². The minimum Gasteiger partial charge on any atom is -0.0658 e. The van der Waals surface area contributed by atoms with Crippen molar-refractivity contribution in [2.45, 2.75) is 0 Å². The summed E-state index contributed by atoms with van der Waals surface area (Å²) >= 11 is 0. The monoisotopic (exact) mass is 140 g/mol. The van der Waals surface area contributed by atoms with Crippen LogP contribution in [-0.2, 0) is 0 Å². The molecule has 0 aliphatic heterocycles. The highest BCUT2D eigenvalue weighted by Crippen LogP contribution is 2.59. The molecule has 0 N–H and O–H groups in total. The molecular formula is C11H8. The number of hydrogen-bond acceptors (Lipinski definition) is 0. The average Bonchev–Trinajstić information content (AvgIpc) is 2.73. The van der Waals surface area contributed by atoms with E-state index < -0.39 is 0 Å². The highest BCUT2D eigenvalue weighted by atomic mass is 14.5. The molecule has 1 spiro atoms. The topological polar surface area (TPSA) is 0 Å². The maximum Gasteiger partial charge on any atom is 0.0575 e. The van der Waals surface area contributed by atoms with E-state index in [1.54, 1.807) is 0 Å². The Hall–Kier alpha value is -1.30. The van der Waals surface area contributed by atoms with Crippen molar-refractivity contribution < 1.29 is 0 Å². The lowest BCUT2D eigenvalue weighted by molar-refractivity contribution is 0.892. The van der Waals surface area contributed by atoms with Gasteiger partial charge in [-0.1, -0.05) is 48.6 Å². The largest absolute Gasteiger partial charge is 0.0658 e. The Labute approximate surface area is 65.9 Å². The van der Waals surface area contributed by atoms with Gasteiger partial charge in [0.05, 0.1) is 5.41 Å². The molecule has 0 fully saturated rings. The number of allylic oxidation sites excluding steroid dienone is 10. The van der Waals surface area contributed by atoms with Crippen LogP contribution in [-0.4, -0.2) is 0 Å². The first-order chi connectivity index (χ1) is 5.43. The Kier molecular flexibility index (Phi) is 0.719. The van der Waals surface area contributed by atoms with Crippen molar-refractivity contribution in [3.63, 3.8) is 0 Å². The van der Waals surface area contributed by atoms with E-state index in [2.05, 4.69) is 48.6 Å². The Morgan fingerprint density at radius 1 is 0.727 bits per heavy atom. The van der Waals surface area contributed by atoms with Gasteiger partial charge < -0.3 is 0 Å². The molecule has 0 saturated heterocycles. The maximum atomic E-state index is 2.26. The van der Waals surface area contributed by atoms with E-state index in [-0.39, 0.29) is 5.41 Å². The van der Waals surface area contributed by atoms with Crippen LogP contribution in [0.4, 0.5) is 0 Å². The minimum absolute atomic E-state index is 0.240. The summed E-state index contributed by atoms with van der Waals surface area (Å²) in [6.07, 6.45) is 17.4. The Morgan fingerprint density at radius 3 is 1.82 bits per heavy atom. The first-order valence-corrected chi connectivity index (χ1v) is 3.90. The Morgan fingerprint density at radius 2 is 1.27 bits per heavy atom. The molecule has 0 radical (unpaired) electrons. The third-order valence-corrected chi connectivity index (χ3v) is 2.59. The molecule has 0 aromatic carbocycles. The van der Waals surface area contributed by atoms with Crippen LogP contribution < -0.4 is 0 Å². The van der Waals surface area contributed by atoms with Gasteiger partial charge in [0.1, 0.15) is 0 Å². The number of hydrogen-bond donors (Lipinski definition) is 0. The van der Waals surface area contributed by atoms with Gasteiger partial charge in [0.15, 0.2) is 0 Å². The summed E-state index contributed by atoms with van der Waals surface area (Å²) in [6, 6.07) is 0. The molecular weight excluding hydrogens is 132 g/mol. The molecule has 0 amide bonds. The van der Waals surface area contributed by atoms with Crippen LogP contribution in [0.15, 0.2) is 59.8 Å². The van der Waals surface area contributed by atoms with Gasteiger partial charge in [0, 0.05) is 0 Å². The molecule has 3 rings (SSSR count). The second-order valence-electron chi connectivity index (χ2n) is 3.13. The highest BCUT2D eigenvalue weighted by Gasteiger charge is 2.47. The van der Waals surface area contributed by atoms with Crippen LogP contribution in [0.5, 0.6) is 0 Å². The fourth-order valence-electron chi connectivity index (χ4n) is 1.94. The third-order valence-electron chi connectivity index (χ3n) is 2.59. The van der Waals surface area contributed by atoms with Crippen molar-refractivity contribution in [2.75, 3.05) is 0 Å². The van der Waals surface area contributed by atoms with E-state index in [0.29, 0.717) is 0 Å². The normalized spacial score (nSPS) is 26.9. The third kappa shape index (κ3) is 0.474. The molecule has 0 atom stereocenters. The zero-order valence-electron chi connectivity index (χ0n) is 6.12. The molecule has 0 heterocycles. The van der Waals surface area contributed by atoms with E-state index in [4.69, 9.17) is 0 Å². The summed E-state index contributed by atoms with van der Waals surface area (Å²) in [6.45, 7) is 0. The second-order valence-corrected chi connectivity index (χ2v) is 3.13. The van der Waals surface area contributed by atoms with Crippen molar-refractivity contribution in [1.82, 2.24) is 0 Å². The highest BCUT2D eigenvalue weighted by molar-refractivity contribution is 5.72. The van der Waals surface area contributed by atoms with Gasteiger partial charge in [-0.2, -0.15) is 0 Å². The fourth-order valence-corrected chi connectivity index (χ4v) is 1.94. The Bertz CT molecular complexity index is 323. The maximum absolute atomic E-state index is 2.26. The van der Waals surface area contributed by atoms with Gasteiger partial charge in [-0.25, -0.2) is 0 Å². The van der Waals surface area contributed by atoms with Crippen molar-refractivity contribution in [3.05, 3.63) is 59.8 Å². The molecule has 0 heteroatoms. The van der Waals surface area contributed by atoms with E-state index in [1.807, 2.05) is 0 Å². The summed E-state index contributed by atoms with van der Waals surface area (Å²) in [4.78, 5) is 0. The van der Waals surface area contributed by atoms with Crippen LogP contribution in [0, 0.1) is 5.41 Å². The van der Waals surface area contributed by atoms with Gasteiger partial charge >= 0.3 is 0 Å². The van der Waals surface area contributed by atoms with Gasteiger partial charge in [-0.3, -0.25) is 0 Å². The second kappa shape index (κ2) is 1.48. The minimum atomic E-state index is 0.240. The molecule has 52 valence electrons. The van der Waals surface area contributed by atoms with E-state index in [1.165, 1.54) is 11.1 Å². The van der Waals surface area contributed by atoms with Crippen LogP contribution >= 0.6 is 0 Å². The number of rotatable bonds is 0. The summed E-state index contributed by atoms with van der Waals surface area (Å²) in [5.74, 6) is 0. The molecule has 11 heavy (non-hydrogen) atoms. The molecule has 3 aliphatic carbocycles. The summed E-state index contributed by atoms with van der Waals surface area (Å²) < 4.78 is 0. The van der Waals surface area contributed by atoms with Crippen molar-refractivity contribution >= 4 is 0 Å². The zero-order valence-corrected chi connectivity index (χ0v) is 6.12. The van der Waals surface area contributed by atoms with Gasteiger partial charge in [-0.15, -0.1) is 0 Å². The lowest BCUT2D eigenvalue weighted by Gasteiger charge is -2.11. The molecule has 0 bridgehead atoms. The van der Waals surface area contributed by atoms with Crippen LogP contribution in [0.3, 0.4) is 0 Å². The molecule has 0 nitrogen and oxygen atoms in total. The molecule has 0 aromatic rings. The van der Waals surface area contributed by atoms with Crippen LogP contribution in [0.25, 0.3) is 0 Å². The fraction of sp³-hybridized carbons (Fsp3) is 0.0909. The quantitative estimate of drug-likeness (QED) is 0.485.